The molecule has 7 heteroatoms. The molecule has 5 nitrogen and oxygen atoms in total. The minimum atomic E-state index is 0.00986. The first kappa shape index (κ1) is 20.3. The van der Waals surface area contributed by atoms with Gasteiger partial charge in [-0.25, -0.2) is 9.97 Å². The second kappa shape index (κ2) is 8.86. The Kier molecular flexibility index (Phi) is 5.80. The summed E-state index contributed by atoms with van der Waals surface area (Å²) >= 11 is 3.13. The summed E-state index contributed by atoms with van der Waals surface area (Å²) in [5.41, 5.74) is 4.00. The Bertz CT molecular complexity index is 1180. The van der Waals surface area contributed by atoms with Crippen LogP contribution in [0.15, 0.2) is 53.9 Å². The van der Waals surface area contributed by atoms with E-state index >= 15 is 0 Å². The lowest BCUT2D eigenvalue weighted by atomic mass is 10.1. The molecule has 2 aromatic carbocycles. The molecule has 0 saturated carbocycles. The summed E-state index contributed by atoms with van der Waals surface area (Å²) in [5, 5.41) is 3.66. The van der Waals surface area contributed by atoms with Crippen molar-refractivity contribution in [1.82, 2.24) is 9.97 Å². The van der Waals surface area contributed by atoms with Crippen molar-refractivity contribution in [1.29, 1.82) is 0 Å². The number of hydrogen-bond donors (Lipinski definition) is 0. The van der Waals surface area contributed by atoms with E-state index in [4.69, 9.17) is 14.7 Å². The summed E-state index contributed by atoms with van der Waals surface area (Å²) in [7, 11) is 0. The number of aromatic nitrogens is 2. The second-order valence-electron chi connectivity index (χ2n) is 7.79. The second-order valence-corrected chi connectivity index (χ2v) is 9.66. The number of benzene rings is 2. The zero-order chi connectivity index (χ0) is 21.2. The van der Waals surface area contributed by atoms with Crippen molar-refractivity contribution in [2.24, 2.45) is 0 Å². The van der Waals surface area contributed by atoms with Gasteiger partial charge in [-0.3, -0.25) is 9.69 Å². The molecule has 1 atom stereocenters. The maximum Gasteiger partial charge on any atom is 0.234 e. The highest BCUT2D eigenvalue weighted by Gasteiger charge is 2.26. The van der Waals surface area contributed by atoms with Gasteiger partial charge in [-0.2, -0.15) is 0 Å². The number of thiazole rings is 2. The summed E-state index contributed by atoms with van der Waals surface area (Å²) in [4.78, 5) is 24.6. The largest absolute Gasteiger partial charge is 0.376 e. The summed E-state index contributed by atoms with van der Waals surface area (Å²) in [6.45, 7) is 3.37. The molecule has 5 rings (SSSR count). The molecule has 1 fully saturated rings. The number of ether oxygens (including phenoxy) is 1. The predicted octanol–water partition coefficient (Wildman–Crippen LogP) is 5.48. The Hall–Kier alpha value is -2.61. The number of para-hydroxylation sites is 1. The van der Waals surface area contributed by atoms with Gasteiger partial charge in [-0.15, -0.1) is 11.3 Å². The van der Waals surface area contributed by atoms with Crippen LogP contribution in [0.2, 0.25) is 0 Å². The Balaban J connectivity index is 1.39. The number of rotatable bonds is 6. The van der Waals surface area contributed by atoms with Crippen molar-refractivity contribution >= 4 is 43.9 Å². The maximum atomic E-state index is 13.4. The Labute approximate surface area is 189 Å². The van der Waals surface area contributed by atoms with Crippen molar-refractivity contribution in [3.05, 3.63) is 65.2 Å². The lowest BCUT2D eigenvalue weighted by Crippen LogP contribution is -2.38. The molecule has 31 heavy (non-hydrogen) atoms. The topological polar surface area (TPSA) is 55.3 Å². The van der Waals surface area contributed by atoms with Gasteiger partial charge in [-0.05, 0) is 38.0 Å². The van der Waals surface area contributed by atoms with Gasteiger partial charge in [0.1, 0.15) is 5.01 Å². The quantitative estimate of drug-likeness (QED) is 0.391. The van der Waals surface area contributed by atoms with Crippen LogP contribution in [-0.2, 0) is 16.0 Å². The van der Waals surface area contributed by atoms with Crippen LogP contribution in [0.25, 0.3) is 20.8 Å². The van der Waals surface area contributed by atoms with E-state index in [0.29, 0.717) is 6.54 Å². The van der Waals surface area contributed by atoms with Gasteiger partial charge in [-0.1, -0.05) is 47.2 Å². The van der Waals surface area contributed by atoms with Crippen molar-refractivity contribution < 1.29 is 9.53 Å². The van der Waals surface area contributed by atoms with Crippen LogP contribution < -0.4 is 4.90 Å². The minimum Gasteiger partial charge on any atom is -0.376 e. The number of fused-ring (bicyclic) bond motifs is 1. The molecule has 3 heterocycles. The first-order valence-corrected chi connectivity index (χ1v) is 12.1. The maximum absolute atomic E-state index is 13.4. The molecule has 1 saturated heterocycles. The van der Waals surface area contributed by atoms with Gasteiger partial charge >= 0.3 is 0 Å². The number of hydrogen-bond acceptors (Lipinski definition) is 6. The van der Waals surface area contributed by atoms with E-state index in [0.717, 1.165) is 51.1 Å². The van der Waals surface area contributed by atoms with Gasteiger partial charge in [0.2, 0.25) is 5.91 Å². The standard InChI is InChI=1S/C24H23N3O2S2/c1-16-6-4-7-17(12-16)23-25-18(15-30-23)13-22(28)27(14-19-8-5-11-29-19)24-26-20-9-2-3-10-21(20)31-24/h2-4,6-7,9-10,12,15,19H,5,8,11,13-14H2,1H3. The average Bonchev–Trinajstić information content (AvgIpc) is 3.52. The first-order chi connectivity index (χ1) is 15.2. The van der Waals surface area contributed by atoms with Crippen LogP contribution in [0.1, 0.15) is 24.1 Å². The molecule has 1 aliphatic rings. The van der Waals surface area contributed by atoms with Crippen LogP contribution in [0.4, 0.5) is 5.13 Å². The average molecular weight is 450 g/mol. The van der Waals surface area contributed by atoms with Gasteiger partial charge in [0.25, 0.3) is 0 Å². The van der Waals surface area contributed by atoms with Crippen LogP contribution in [-0.4, -0.2) is 35.1 Å². The number of aryl methyl sites for hydroxylation is 1. The summed E-state index contributed by atoms with van der Waals surface area (Å²) in [5.74, 6) is 0.00986. The molecule has 0 bridgehead atoms. The third-order valence-corrected chi connectivity index (χ3v) is 7.37. The third kappa shape index (κ3) is 4.54. The highest BCUT2D eigenvalue weighted by Crippen LogP contribution is 2.31. The van der Waals surface area contributed by atoms with E-state index in [1.807, 2.05) is 35.7 Å². The van der Waals surface area contributed by atoms with E-state index in [1.54, 1.807) is 27.6 Å². The first-order valence-electron chi connectivity index (χ1n) is 10.4. The SMILES string of the molecule is Cc1cccc(-c2nc(CC(=O)N(CC3CCCO3)c3nc4ccccc4s3)cs2)c1. The van der Waals surface area contributed by atoms with E-state index < -0.39 is 0 Å². The van der Waals surface area contributed by atoms with E-state index in [9.17, 15) is 4.79 Å². The Morgan fingerprint density at radius 1 is 1.19 bits per heavy atom. The molecular formula is C24H23N3O2S2. The van der Waals surface area contributed by atoms with E-state index in [1.165, 1.54) is 5.56 Å². The number of carbonyl (C=O) groups is 1. The number of nitrogens with zero attached hydrogens (tertiary/aromatic N) is 3. The molecule has 2 aromatic heterocycles. The molecule has 1 unspecified atom stereocenters. The van der Waals surface area contributed by atoms with Crippen molar-refractivity contribution in [2.45, 2.75) is 32.3 Å². The zero-order valence-electron chi connectivity index (χ0n) is 17.3. The highest BCUT2D eigenvalue weighted by molar-refractivity contribution is 7.22. The van der Waals surface area contributed by atoms with E-state index in [2.05, 4.69) is 25.1 Å². The third-order valence-electron chi connectivity index (χ3n) is 5.37. The monoisotopic (exact) mass is 449 g/mol. The lowest BCUT2D eigenvalue weighted by Gasteiger charge is -2.22. The zero-order valence-corrected chi connectivity index (χ0v) is 18.9. The molecular weight excluding hydrogens is 426 g/mol. The van der Waals surface area contributed by atoms with Crippen molar-refractivity contribution in [2.75, 3.05) is 18.1 Å². The molecule has 1 amide bonds. The number of anilines is 1. The molecule has 0 spiro atoms. The fraction of sp³-hybridized carbons (Fsp3) is 0.292. The van der Waals surface area contributed by atoms with Crippen LogP contribution in [0.3, 0.4) is 0 Å². The van der Waals surface area contributed by atoms with E-state index in [-0.39, 0.29) is 18.4 Å². The highest BCUT2D eigenvalue weighted by atomic mass is 32.1. The van der Waals surface area contributed by atoms with Gasteiger partial charge in [0.15, 0.2) is 5.13 Å². The summed E-state index contributed by atoms with van der Waals surface area (Å²) < 4.78 is 6.90. The van der Waals surface area contributed by atoms with Crippen LogP contribution in [0.5, 0.6) is 0 Å². The van der Waals surface area contributed by atoms with Crippen molar-refractivity contribution in [3.63, 3.8) is 0 Å². The molecule has 0 N–H and O–H groups in total. The molecule has 0 radical (unpaired) electrons. The molecule has 4 aromatic rings. The Morgan fingerprint density at radius 2 is 2.10 bits per heavy atom. The smallest absolute Gasteiger partial charge is 0.234 e. The molecule has 0 aliphatic carbocycles. The van der Waals surface area contributed by atoms with Gasteiger partial charge in [0, 0.05) is 17.6 Å². The minimum absolute atomic E-state index is 0.00986. The Morgan fingerprint density at radius 3 is 2.90 bits per heavy atom. The van der Waals surface area contributed by atoms with Crippen molar-refractivity contribution in [3.8, 4) is 10.6 Å². The summed E-state index contributed by atoms with van der Waals surface area (Å²) in [6, 6.07) is 16.3. The lowest BCUT2D eigenvalue weighted by molar-refractivity contribution is -0.118. The van der Waals surface area contributed by atoms with Crippen LogP contribution >= 0.6 is 22.7 Å². The number of amides is 1. The fourth-order valence-electron chi connectivity index (χ4n) is 3.80. The fourth-order valence-corrected chi connectivity index (χ4v) is 5.61. The normalized spacial score (nSPS) is 16.1. The number of carbonyl (C=O) groups excluding carboxylic acids is 1. The molecule has 1 aliphatic heterocycles. The van der Waals surface area contributed by atoms with Gasteiger partial charge < -0.3 is 4.74 Å². The van der Waals surface area contributed by atoms with Crippen LogP contribution in [0, 0.1) is 6.92 Å². The molecule has 158 valence electrons. The van der Waals surface area contributed by atoms with Gasteiger partial charge in [0.05, 0.1) is 35.0 Å². The summed E-state index contributed by atoms with van der Waals surface area (Å²) in [6.07, 6.45) is 2.33. The predicted molar refractivity (Wildman–Crippen MR) is 127 cm³/mol.